The maximum atomic E-state index is 3.48. The Labute approximate surface area is 99.0 Å². The summed E-state index contributed by atoms with van der Waals surface area (Å²) in [5.74, 6) is 0.973. The van der Waals surface area contributed by atoms with E-state index in [1.165, 1.54) is 71.5 Å². The molecule has 3 aliphatic heterocycles. The van der Waals surface area contributed by atoms with Crippen molar-refractivity contribution in [3.63, 3.8) is 0 Å². The largest absolute Gasteiger partial charge is 0.317 e. The van der Waals surface area contributed by atoms with E-state index in [1.807, 2.05) is 0 Å². The Bertz CT molecular complexity index is 219. The second-order valence-corrected chi connectivity index (χ2v) is 6.11. The predicted octanol–water partition coefficient (Wildman–Crippen LogP) is 0.671. The summed E-state index contributed by atoms with van der Waals surface area (Å²) >= 11 is 0. The summed E-state index contributed by atoms with van der Waals surface area (Å²) < 4.78 is 0. The summed E-state index contributed by atoms with van der Waals surface area (Å²) in [6.07, 6.45) is 5.61. The average Bonchev–Trinajstić information content (AvgIpc) is 2.30. The number of hydrogen-bond donors (Lipinski definition) is 2. The lowest BCUT2D eigenvalue weighted by molar-refractivity contribution is -0.0336. The minimum atomic E-state index is 0.720. The first kappa shape index (κ1) is 11.0. The van der Waals surface area contributed by atoms with E-state index in [2.05, 4.69) is 15.5 Å². The molecule has 3 heteroatoms. The Kier molecular flexibility index (Phi) is 3.18. The van der Waals surface area contributed by atoms with Crippen molar-refractivity contribution in [2.24, 2.45) is 11.3 Å². The molecule has 3 rings (SSSR count). The fraction of sp³-hybridized carbons (Fsp3) is 1.00. The van der Waals surface area contributed by atoms with Crippen LogP contribution in [-0.2, 0) is 0 Å². The molecule has 0 radical (unpaired) electrons. The highest BCUT2D eigenvalue weighted by Gasteiger charge is 2.43. The third-order valence-electron chi connectivity index (χ3n) is 4.76. The van der Waals surface area contributed by atoms with Gasteiger partial charge in [-0.2, -0.15) is 0 Å². The molecular formula is C13H25N3. The predicted molar refractivity (Wildman–Crippen MR) is 66.6 cm³/mol. The minimum absolute atomic E-state index is 0.720. The Balaban J connectivity index is 1.42. The molecule has 3 nitrogen and oxygen atoms in total. The van der Waals surface area contributed by atoms with Gasteiger partial charge in [0.05, 0.1) is 0 Å². The van der Waals surface area contributed by atoms with E-state index in [-0.39, 0.29) is 0 Å². The highest BCUT2D eigenvalue weighted by atomic mass is 15.2. The van der Waals surface area contributed by atoms with Crippen LogP contribution in [0.15, 0.2) is 0 Å². The van der Waals surface area contributed by atoms with Crippen LogP contribution in [0.3, 0.4) is 0 Å². The Morgan fingerprint density at radius 1 is 0.938 bits per heavy atom. The lowest BCUT2D eigenvalue weighted by atomic mass is 9.72. The summed E-state index contributed by atoms with van der Waals surface area (Å²) in [4.78, 5) is 2.71. The molecule has 0 amide bonds. The molecular weight excluding hydrogens is 198 g/mol. The van der Waals surface area contributed by atoms with Gasteiger partial charge in [0.2, 0.25) is 0 Å². The van der Waals surface area contributed by atoms with Gasteiger partial charge in [-0.1, -0.05) is 0 Å². The van der Waals surface area contributed by atoms with E-state index < -0.39 is 0 Å². The summed E-state index contributed by atoms with van der Waals surface area (Å²) in [6, 6.07) is 0. The van der Waals surface area contributed by atoms with Crippen LogP contribution < -0.4 is 10.6 Å². The molecule has 0 aliphatic carbocycles. The normalized spacial score (nSPS) is 31.5. The number of likely N-dealkylation sites (tertiary alicyclic amines) is 1. The number of nitrogens with one attached hydrogen (secondary N) is 2. The van der Waals surface area contributed by atoms with Gasteiger partial charge in [-0.05, 0) is 63.2 Å². The van der Waals surface area contributed by atoms with Gasteiger partial charge in [0.25, 0.3) is 0 Å². The minimum Gasteiger partial charge on any atom is -0.317 e. The topological polar surface area (TPSA) is 27.3 Å². The van der Waals surface area contributed by atoms with Crippen LogP contribution in [0.5, 0.6) is 0 Å². The van der Waals surface area contributed by atoms with E-state index in [0.29, 0.717) is 0 Å². The summed E-state index contributed by atoms with van der Waals surface area (Å²) in [5, 5.41) is 6.93. The molecule has 92 valence electrons. The molecule has 0 saturated carbocycles. The van der Waals surface area contributed by atoms with Crippen LogP contribution in [0, 0.1) is 11.3 Å². The van der Waals surface area contributed by atoms with Gasteiger partial charge < -0.3 is 15.5 Å². The third kappa shape index (κ3) is 2.27. The van der Waals surface area contributed by atoms with Gasteiger partial charge >= 0.3 is 0 Å². The number of rotatable bonds is 2. The number of piperidine rings is 2. The van der Waals surface area contributed by atoms with Crippen LogP contribution in [0.4, 0.5) is 0 Å². The summed E-state index contributed by atoms with van der Waals surface area (Å²) in [7, 11) is 0. The fourth-order valence-electron chi connectivity index (χ4n) is 3.73. The van der Waals surface area contributed by atoms with E-state index in [9.17, 15) is 0 Å². The van der Waals surface area contributed by atoms with Gasteiger partial charge in [0.15, 0.2) is 0 Å². The summed E-state index contributed by atoms with van der Waals surface area (Å²) in [6.45, 7) is 9.14. The molecule has 16 heavy (non-hydrogen) atoms. The van der Waals surface area contributed by atoms with Crippen molar-refractivity contribution in [1.29, 1.82) is 0 Å². The molecule has 0 bridgehead atoms. The van der Waals surface area contributed by atoms with E-state index in [0.717, 1.165) is 11.3 Å². The molecule has 3 aliphatic rings. The fourth-order valence-corrected chi connectivity index (χ4v) is 3.73. The van der Waals surface area contributed by atoms with Gasteiger partial charge in [0, 0.05) is 19.6 Å². The van der Waals surface area contributed by atoms with Gasteiger partial charge in [0.1, 0.15) is 0 Å². The maximum Gasteiger partial charge on any atom is 0.00515 e. The van der Waals surface area contributed by atoms with Crippen LogP contribution >= 0.6 is 0 Å². The molecule has 3 saturated heterocycles. The molecule has 0 atom stereocenters. The van der Waals surface area contributed by atoms with E-state index in [1.54, 1.807) is 0 Å². The SMILES string of the molecule is C1CC(CN2CC3(CCNCC3)C2)CCN1. The quantitative estimate of drug-likeness (QED) is 0.720. The third-order valence-corrected chi connectivity index (χ3v) is 4.76. The van der Waals surface area contributed by atoms with Crippen molar-refractivity contribution in [2.45, 2.75) is 25.7 Å². The van der Waals surface area contributed by atoms with Crippen LogP contribution in [0.25, 0.3) is 0 Å². The lowest BCUT2D eigenvalue weighted by Crippen LogP contribution is -2.60. The van der Waals surface area contributed by atoms with Crippen LogP contribution in [0.1, 0.15) is 25.7 Å². The first-order valence-electron chi connectivity index (χ1n) is 7.00. The zero-order chi connectivity index (χ0) is 10.8. The summed E-state index contributed by atoms with van der Waals surface area (Å²) in [5.41, 5.74) is 0.720. The molecule has 0 aromatic rings. The smallest absolute Gasteiger partial charge is 0.00515 e. The number of nitrogens with zero attached hydrogens (tertiary/aromatic N) is 1. The molecule has 3 fully saturated rings. The van der Waals surface area contributed by atoms with Crippen molar-refractivity contribution < 1.29 is 0 Å². The monoisotopic (exact) mass is 223 g/mol. The zero-order valence-corrected chi connectivity index (χ0v) is 10.3. The van der Waals surface area contributed by atoms with Crippen molar-refractivity contribution in [1.82, 2.24) is 15.5 Å². The molecule has 0 unspecified atom stereocenters. The van der Waals surface area contributed by atoms with Gasteiger partial charge in [-0.25, -0.2) is 0 Å². The van der Waals surface area contributed by atoms with Gasteiger partial charge in [-0.3, -0.25) is 0 Å². The average molecular weight is 223 g/mol. The standard InChI is InChI=1S/C13H25N3/c1-5-14-6-2-12(1)9-16-10-13(11-16)3-7-15-8-4-13/h12,14-15H,1-11H2. The van der Waals surface area contributed by atoms with Crippen molar-refractivity contribution in [3.8, 4) is 0 Å². The van der Waals surface area contributed by atoms with Crippen molar-refractivity contribution in [3.05, 3.63) is 0 Å². The zero-order valence-electron chi connectivity index (χ0n) is 10.3. The molecule has 0 aromatic heterocycles. The highest BCUT2D eigenvalue weighted by Crippen LogP contribution is 2.39. The Hall–Kier alpha value is -0.120. The first-order chi connectivity index (χ1) is 7.86. The lowest BCUT2D eigenvalue weighted by Gasteiger charge is -2.53. The second-order valence-electron chi connectivity index (χ2n) is 6.11. The van der Waals surface area contributed by atoms with Crippen molar-refractivity contribution in [2.75, 3.05) is 45.8 Å². The molecule has 1 spiro atoms. The molecule has 0 aromatic carbocycles. The van der Waals surface area contributed by atoms with E-state index in [4.69, 9.17) is 0 Å². The van der Waals surface area contributed by atoms with E-state index >= 15 is 0 Å². The van der Waals surface area contributed by atoms with Crippen LogP contribution in [-0.4, -0.2) is 50.7 Å². The Morgan fingerprint density at radius 3 is 2.25 bits per heavy atom. The number of hydrogen-bond acceptors (Lipinski definition) is 3. The van der Waals surface area contributed by atoms with Crippen LogP contribution in [0.2, 0.25) is 0 Å². The highest BCUT2D eigenvalue weighted by molar-refractivity contribution is 4.98. The van der Waals surface area contributed by atoms with Crippen molar-refractivity contribution >= 4 is 0 Å². The maximum absolute atomic E-state index is 3.48. The van der Waals surface area contributed by atoms with Gasteiger partial charge in [-0.15, -0.1) is 0 Å². The molecule has 3 heterocycles. The Morgan fingerprint density at radius 2 is 1.56 bits per heavy atom. The molecule has 2 N–H and O–H groups in total. The first-order valence-corrected chi connectivity index (χ1v) is 7.00. The second kappa shape index (κ2) is 4.63.